The zero-order chi connectivity index (χ0) is 23.6. The minimum absolute atomic E-state index is 0.196. The summed E-state index contributed by atoms with van der Waals surface area (Å²) in [7, 11) is 3.03. The Morgan fingerprint density at radius 3 is 2.27 bits per heavy atom. The van der Waals surface area contributed by atoms with Gasteiger partial charge < -0.3 is 18.9 Å². The number of carbonyl (C=O) groups is 2. The van der Waals surface area contributed by atoms with Crippen LogP contribution < -0.4 is 24.4 Å². The number of benzene rings is 3. The number of ether oxygens (including phenoxy) is 4. The van der Waals surface area contributed by atoms with Crippen molar-refractivity contribution >= 4 is 34.0 Å². The van der Waals surface area contributed by atoms with Gasteiger partial charge in [0.25, 0.3) is 5.91 Å². The average Bonchev–Trinajstić information content (AvgIpc) is 2.84. The van der Waals surface area contributed by atoms with Crippen molar-refractivity contribution in [1.29, 1.82) is 0 Å². The third kappa shape index (κ3) is 7.08. The molecule has 3 aromatic carbocycles. The average molecular weight is 513 g/mol. The largest absolute Gasteiger partial charge is 0.497 e. The van der Waals surface area contributed by atoms with Gasteiger partial charge in [0.05, 0.1) is 26.0 Å². The number of rotatable bonds is 9. The monoisotopic (exact) mass is 512 g/mol. The third-order valence-electron chi connectivity index (χ3n) is 4.30. The first-order valence-electron chi connectivity index (χ1n) is 9.73. The van der Waals surface area contributed by atoms with Crippen LogP contribution in [0.3, 0.4) is 0 Å². The summed E-state index contributed by atoms with van der Waals surface area (Å²) in [5, 5.41) is 3.91. The Morgan fingerprint density at radius 2 is 1.61 bits per heavy atom. The van der Waals surface area contributed by atoms with Gasteiger partial charge in [-0.3, -0.25) is 4.79 Å². The van der Waals surface area contributed by atoms with Gasteiger partial charge in [0, 0.05) is 4.47 Å². The molecule has 0 bridgehead atoms. The predicted molar refractivity (Wildman–Crippen MR) is 126 cm³/mol. The van der Waals surface area contributed by atoms with E-state index in [4.69, 9.17) is 18.9 Å². The number of methoxy groups -OCH3 is 2. The van der Waals surface area contributed by atoms with E-state index >= 15 is 0 Å². The Bertz CT molecular complexity index is 1130. The lowest BCUT2D eigenvalue weighted by molar-refractivity contribution is -0.123. The zero-order valence-electron chi connectivity index (χ0n) is 17.9. The van der Waals surface area contributed by atoms with Crippen LogP contribution in [0.25, 0.3) is 0 Å². The molecule has 0 aliphatic carbocycles. The zero-order valence-corrected chi connectivity index (χ0v) is 19.5. The van der Waals surface area contributed by atoms with Crippen LogP contribution in [0.2, 0.25) is 0 Å². The summed E-state index contributed by atoms with van der Waals surface area (Å²) in [5.41, 5.74) is 3.42. The molecule has 8 nitrogen and oxygen atoms in total. The Kier molecular flexibility index (Phi) is 8.43. The van der Waals surface area contributed by atoms with E-state index in [2.05, 4.69) is 26.5 Å². The number of halogens is 1. The fraction of sp³-hybridized carbons (Fsp3) is 0.125. The smallest absolute Gasteiger partial charge is 0.343 e. The van der Waals surface area contributed by atoms with Gasteiger partial charge in [-0.15, -0.1) is 0 Å². The predicted octanol–water partition coefficient (Wildman–Crippen LogP) is 4.21. The van der Waals surface area contributed by atoms with Gasteiger partial charge in [0.15, 0.2) is 18.1 Å². The summed E-state index contributed by atoms with van der Waals surface area (Å²) >= 11 is 3.32. The molecule has 170 valence electrons. The molecular weight excluding hydrogens is 492 g/mol. The van der Waals surface area contributed by atoms with E-state index in [1.54, 1.807) is 73.8 Å². The van der Waals surface area contributed by atoms with Gasteiger partial charge in [-0.2, -0.15) is 5.10 Å². The lowest BCUT2D eigenvalue weighted by Crippen LogP contribution is -2.24. The molecule has 0 fully saturated rings. The van der Waals surface area contributed by atoms with Crippen molar-refractivity contribution < 1.29 is 28.5 Å². The van der Waals surface area contributed by atoms with E-state index in [0.717, 1.165) is 4.47 Å². The van der Waals surface area contributed by atoms with E-state index in [1.807, 2.05) is 0 Å². The summed E-state index contributed by atoms with van der Waals surface area (Å²) < 4.78 is 22.1. The summed E-state index contributed by atoms with van der Waals surface area (Å²) in [5.74, 6) is 0.910. The van der Waals surface area contributed by atoms with Crippen LogP contribution in [-0.4, -0.2) is 38.9 Å². The van der Waals surface area contributed by atoms with Crippen molar-refractivity contribution in [2.45, 2.75) is 0 Å². The lowest BCUT2D eigenvalue weighted by atomic mass is 10.2. The molecule has 3 rings (SSSR count). The summed E-state index contributed by atoms with van der Waals surface area (Å²) in [6.07, 6.45) is 1.44. The molecule has 0 aliphatic rings. The summed E-state index contributed by atoms with van der Waals surface area (Å²) in [6, 6.07) is 18.6. The van der Waals surface area contributed by atoms with Crippen LogP contribution >= 0.6 is 15.9 Å². The number of hydrazone groups is 1. The molecule has 0 saturated heterocycles. The van der Waals surface area contributed by atoms with Crippen molar-refractivity contribution in [1.82, 2.24) is 5.43 Å². The number of nitrogens with one attached hydrogen (secondary N) is 1. The van der Waals surface area contributed by atoms with Crippen molar-refractivity contribution in [2.75, 3.05) is 20.8 Å². The third-order valence-corrected chi connectivity index (χ3v) is 4.83. The van der Waals surface area contributed by atoms with Crippen LogP contribution in [0.5, 0.6) is 23.0 Å². The molecule has 0 unspecified atom stereocenters. The number of hydrogen-bond acceptors (Lipinski definition) is 7. The maximum atomic E-state index is 12.3. The molecular formula is C24H21BrN2O6. The summed E-state index contributed by atoms with van der Waals surface area (Å²) in [6.45, 7) is -0.196. The van der Waals surface area contributed by atoms with Gasteiger partial charge >= 0.3 is 5.97 Å². The maximum absolute atomic E-state index is 12.3. The van der Waals surface area contributed by atoms with Crippen molar-refractivity contribution in [3.63, 3.8) is 0 Å². The van der Waals surface area contributed by atoms with Crippen LogP contribution in [-0.2, 0) is 4.79 Å². The van der Waals surface area contributed by atoms with Gasteiger partial charge in [0.1, 0.15) is 11.5 Å². The first-order chi connectivity index (χ1) is 16.0. The van der Waals surface area contributed by atoms with Crippen LogP contribution in [0.4, 0.5) is 0 Å². The highest BCUT2D eigenvalue weighted by molar-refractivity contribution is 9.10. The van der Waals surface area contributed by atoms with Gasteiger partial charge in [-0.1, -0.05) is 15.9 Å². The van der Waals surface area contributed by atoms with E-state index in [-0.39, 0.29) is 12.4 Å². The Labute approximate surface area is 199 Å². The molecule has 1 amide bonds. The number of esters is 1. The quantitative estimate of drug-likeness (QED) is 0.199. The van der Waals surface area contributed by atoms with Crippen LogP contribution in [0.1, 0.15) is 15.9 Å². The normalized spacial score (nSPS) is 10.5. The lowest BCUT2D eigenvalue weighted by Gasteiger charge is -2.10. The van der Waals surface area contributed by atoms with Crippen molar-refractivity contribution in [3.05, 3.63) is 82.3 Å². The second-order valence-corrected chi connectivity index (χ2v) is 7.48. The summed E-state index contributed by atoms with van der Waals surface area (Å²) in [4.78, 5) is 24.3. The highest BCUT2D eigenvalue weighted by Gasteiger charge is 2.13. The highest BCUT2D eigenvalue weighted by Crippen LogP contribution is 2.28. The maximum Gasteiger partial charge on any atom is 0.343 e. The molecule has 9 heteroatoms. The Balaban J connectivity index is 1.54. The first kappa shape index (κ1) is 23.8. The van der Waals surface area contributed by atoms with E-state index in [1.165, 1.54) is 13.3 Å². The Hall–Kier alpha value is -3.85. The van der Waals surface area contributed by atoms with Crippen LogP contribution in [0.15, 0.2) is 76.3 Å². The molecule has 0 aromatic heterocycles. The van der Waals surface area contributed by atoms with Gasteiger partial charge in [0.2, 0.25) is 0 Å². The number of amides is 1. The first-order valence-corrected chi connectivity index (χ1v) is 10.5. The van der Waals surface area contributed by atoms with Crippen molar-refractivity contribution in [2.24, 2.45) is 5.10 Å². The minimum Gasteiger partial charge on any atom is -0.497 e. The second kappa shape index (κ2) is 11.7. The van der Waals surface area contributed by atoms with E-state index < -0.39 is 11.9 Å². The fourth-order valence-electron chi connectivity index (χ4n) is 2.63. The number of nitrogens with zero attached hydrogens (tertiary/aromatic N) is 1. The molecule has 33 heavy (non-hydrogen) atoms. The SMILES string of the molecule is COc1ccc(OCC(=O)NN=Cc2ccc(OC(=O)c3ccc(Br)cc3)c(OC)c2)cc1. The molecule has 3 aromatic rings. The molecule has 0 saturated carbocycles. The molecule has 0 spiro atoms. The molecule has 0 heterocycles. The number of carbonyl (C=O) groups excluding carboxylic acids is 2. The second-order valence-electron chi connectivity index (χ2n) is 6.56. The number of hydrogen-bond donors (Lipinski definition) is 1. The van der Waals surface area contributed by atoms with Crippen molar-refractivity contribution in [3.8, 4) is 23.0 Å². The molecule has 0 radical (unpaired) electrons. The van der Waals surface area contributed by atoms with Gasteiger partial charge in [-0.25, -0.2) is 10.2 Å². The van der Waals surface area contributed by atoms with Crippen LogP contribution in [0, 0.1) is 0 Å². The molecule has 1 N–H and O–H groups in total. The molecule has 0 aliphatic heterocycles. The van der Waals surface area contributed by atoms with Gasteiger partial charge in [-0.05, 0) is 72.3 Å². The Morgan fingerprint density at radius 1 is 0.909 bits per heavy atom. The van der Waals surface area contributed by atoms with E-state index in [9.17, 15) is 9.59 Å². The fourth-order valence-corrected chi connectivity index (χ4v) is 2.89. The highest BCUT2D eigenvalue weighted by atomic mass is 79.9. The minimum atomic E-state index is -0.508. The van der Waals surface area contributed by atoms with E-state index in [0.29, 0.717) is 28.4 Å². The standard InChI is InChI=1S/C24H21BrN2O6/c1-30-19-8-10-20(11-9-19)32-15-23(28)27-26-14-16-3-12-21(22(13-16)31-2)33-24(29)17-4-6-18(25)7-5-17/h3-14H,15H2,1-2H3,(H,27,28). The molecule has 0 atom stereocenters. The topological polar surface area (TPSA) is 95.5 Å².